The molecule has 0 radical (unpaired) electrons. The summed E-state index contributed by atoms with van der Waals surface area (Å²) in [5.74, 6) is 1.05. The lowest BCUT2D eigenvalue weighted by Crippen LogP contribution is -2.36. The quantitative estimate of drug-likeness (QED) is 0.500. The van der Waals surface area contributed by atoms with Crippen molar-refractivity contribution in [2.45, 2.75) is 40.0 Å². The van der Waals surface area contributed by atoms with E-state index in [2.05, 4.69) is 20.4 Å². The fourth-order valence-corrected chi connectivity index (χ4v) is 3.85. The van der Waals surface area contributed by atoms with E-state index >= 15 is 0 Å². The number of hydrogen-bond donors (Lipinski definition) is 1. The highest BCUT2D eigenvalue weighted by Gasteiger charge is 2.20. The van der Waals surface area contributed by atoms with E-state index in [1.54, 1.807) is 29.3 Å². The molecule has 1 N–H and O–H groups in total. The molecule has 0 saturated carbocycles. The number of amides is 1. The van der Waals surface area contributed by atoms with Crippen LogP contribution in [0.1, 0.15) is 32.9 Å². The highest BCUT2D eigenvalue weighted by molar-refractivity contribution is 7.11. The number of aryl methyl sites for hydroxylation is 2. The van der Waals surface area contributed by atoms with E-state index in [0.717, 1.165) is 15.3 Å². The van der Waals surface area contributed by atoms with Crippen LogP contribution < -0.4 is 10.1 Å². The van der Waals surface area contributed by atoms with Crippen LogP contribution in [-0.2, 0) is 13.2 Å². The first-order valence-electron chi connectivity index (χ1n) is 9.20. The Bertz CT molecular complexity index is 1130. The van der Waals surface area contributed by atoms with Crippen molar-refractivity contribution >= 4 is 28.2 Å². The normalized spacial score (nSPS) is 12.2. The van der Waals surface area contributed by atoms with Gasteiger partial charge in [0.15, 0.2) is 0 Å². The maximum absolute atomic E-state index is 12.9. The molecule has 0 saturated heterocycles. The van der Waals surface area contributed by atoms with Gasteiger partial charge in [-0.3, -0.25) is 9.48 Å². The van der Waals surface area contributed by atoms with Gasteiger partial charge in [0.05, 0.1) is 22.0 Å². The molecule has 4 rings (SSSR count). The van der Waals surface area contributed by atoms with E-state index in [4.69, 9.17) is 9.15 Å². The minimum absolute atomic E-state index is 0.123. The number of nitrogens with one attached hydrogen (secondary N) is 1. The lowest BCUT2D eigenvalue weighted by Gasteiger charge is -2.13. The highest BCUT2D eigenvalue weighted by Crippen LogP contribution is 2.29. The topological polar surface area (TPSA) is 95.1 Å². The Labute approximate surface area is 171 Å². The number of rotatable bonds is 7. The van der Waals surface area contributed by atoms with Gasteiger partial charge in [-0.15, -0.1) is 11.3 Å². The number of benzene rings is 1. The summed E-state index contributed by atoms with van der Waals surface area (Å²) in [6.07, 6.45) is 4.91. The van der Waals surface area contributed by atoms with Gasteiger partial charge in [0.2, 0.25) is 0 Å². The summed E-state index contributed by atoms with van der Waals surface area (Å²) in [5, 5.41) is 8.80. The molecular formula is C20H21N5O3S. The molecule has 0 aliphatic heterocycles. The van der Waals surface area contributed by atoms with E-state index in [0.29, 0.717) is 35.8 Å². The van der Waals surface area contributed by atoms with Gasteiger partial charge in [-0.1, -0.05) is 0 Å². The molecule has 1 aromatic carbocycles. The van der Waals surface area contributed by atoms with Crippen LogP contribution in [0.3, 0.4) is 0 Å². The van der Waals surface area contributed by atoms with E-state index < -0.39 is 0 Å². The third-order valence-corrected chi connectivity index (χ3v) is 5.30. The number of furan rings is 1. The predicted octanol–water partition coefficient (Wildman–Crippen LogP) is 3.50. The molecule has 1 atom stereocenters. The summed E-state index contributed by atoms with van der Waals surface area (Å²) in [6, 6.07) is 5.39. The van der Waals surface area contributed by atoms with Crippen LogP contribution in [-0.4, -0.2) is 31.7 Å². The zero-order valence-corrected chi connectivity index (χ0v) is 17.2. The molecule has 0 aliphatic carbocycles. The highest BCUT2D eigenvalue weighted by atomic mass is 32.1. The third-order valence-electron chi connectivity index (χ3n) is 4.42. The monoisotopic (exact) mass is 411 g/mol. The summed E-state index contributed by atoms with van der Waals surface area (Å²) in [7, 11) is 0. The Hall–Kier alpha value is -3.20. The average molecular weight is 411 g/mol. The summed E-state index contributed by atoms with van der Waals surface area (Å²) >= 11 is 1.60. The molecular weight excluding hydrogens is 390 g/mol. The van der Waals surface area contributed by atoms with Crippen LogP contribution in [0.4, 0.5) is 0 Å². The van der Waals surface area contributed by atoms with Crippen molar-refractivity contribution in [3.05, 3.63) is 58.3 Å². The molecule has 150 valence electrons. The molecule has 0 spiro atoms. The number of carbonyl (C=O) groups is 1. The van der Waals surface area contributed by atoms with E-state index in [1.165, 1.54) is 6.33 Å². The molecule has 8 nitrogen and oxygen atoms in total. The van der Waals surface area contributed by atoms with Crippen LogP contribution >= 0.6 is 11.3 Å². The first-order chi connectivity index (χ1) is 14.0. The van der Waals surface area contributed by atoms with Crippen molar-refractivity contribution in [3.8, 4) is 5.75 Å². The van der Waals surface area contributed by atoms with Gasteiger partial charge < -0.3 is 14.5 Å². The minimum Gasteiger partial charge on any atom is -0.488 e. The number of fused-ring (bicyclic) bond motifs is 1. The lowest BCUT2D eigenvalue weighted by atomic mass is 10.1. The molecule has 1 amide bonds. The van der Waals surface area contributed by atoms with Crippen molar-refractivity contribution < 1.29 is 13.9 Å². The Kier molecular flexibility index (Phi) is 5.30. The number of hydrogen-bond acceptors (Lipinski definition) is 7. The summed E-state index contributed by atoms with van der Waals surface area (Å²) in [4.78, 5) is 22.1. The maximum Gasteiger partial charge on any atom is 0.255 e. The van der Waals surface area contributed by atoms with Gasteiger partial charge in [-0.25, -0.2) is 9.97 Å². The van der Waals surface area contributed by atoms with Crippen molar-refractivity contribution in [1.82, 2.24) is 25.1 Å². The standard InChI is InChI=1S/C20H21N5O3S/c1-12(8-25-11-21-10-23-25)24-20(26)19-13(2)28-18-5-4-15(6-17(18)19)27-9-16-7-22-14(3)29-16/h4-7,10-12H,8-9H2,1-3H3,(H,24,26). The molecule has 3 aromatic heterocycles. The van der Waals surface area contributed by atoms with E-state index in [9.17, 15) is 4.79 Å². The van der Waals surface area contributed by atoms with Crippen LogP contribution in [0, 0.1) is 13.8 Å². The molecule has 3 heterocycles. The summed E-state index contributed by atoms with van der Waals surface area (Å²) in [5.41, 5.74) is 1.17. The Morgan fingerprint density at radius 1 is 1.38 bits per heavy atom. The third kappa shape index (κ3) is 4.29. The molecule has 1 unspecified atom stereocenters. The van der Waals surface area contributed by atoms with Crippen molar-refractivity contribution in [1.29, 1.82) is 0 Å². The molecule has 9 heteroatoms. The number of ether oxygens (including phenoxy) is 1. The fraction of sp³-hybridized carbons (Fsp3) is 0.300. The van der Waals surface area contributed by atoms with Gasteiger partial charge in [-0.2, -0.15) is 5.10 Å². The average Bonchev–Trinajstić information content (AvgIpc) is 3.39. The number of aromatic nitrogens is 4. The smallest absolute Gasteiger partial charge is 0.255 e. The van der Waals surface area contributed by atoms with Gasteiger partial charge in [-0.05, 0) is 39.0 Å². The number of nitrogens with zero attached hydrogens (tertiary/aromatic N) is 4. The number of carbonyl (C=O) groups excluding carboxylic acids is 1. The molecule has 0 fully saturated rings. The summed E-state index contributed by atoms with van der Waals surface area (Å²) < 4.78 is 13.3. The van der Waals surface area contributed by atoms with Crippen LogP contribution in [0.2, 0.25) is 0 Å². The molecule has 0 aliphatic rings. The number of thiazole rings is 1. The Morgan fingerprint density at radius 2 is 2.24 bits per heavy atom. The van der Waals surface area contributed by atoms with Crippen molar-refractivity contribution in [3.63, 3.8) is 0 Å². The zero-order valence-electron chi connectivity index (χ0n) is 16.4. The van der Waals surface area contributed by atoms with Crippen LogP contribution in [0.25, 0.3) is 11.0 Å². The van der Waals surface area contributed by atoms with Gasteiger partial charge in [0.25, 0.3) is 5.91 Å². The zero-order chi connectivity index (χ0) is 20.4. The Balaban J connectivity index is 1.51. The first-order valence-corrected chi connectivity index (χ1v) is 10.0. The van der Waals surface area contributed by atoms with Gasteiger partial charge in [0, 0.05) is 17.6 Å². The van der Waals surface area contributed by atoms with Gasteiger partial charge >= 0.3 is 0 Å². The molecule has 29 heavy (non-hydrogen) atoms. The predicted molar refractivity (Wildman–Crippen MR) is 109 cm³/mol. The Morgan fingerprint density at radius 3 is 2.97 bits per heavy atom. The second-order valence-electron chi connectivity index (χ2n) is 6.82. The lowest BCUT2D eigenvalue weighted by molar-refractivity contribution is 0.0936. The van der Waals surface area contributed by atoms with Crippen molar-refractivity contribution in [2.75, 3.05) is 0 Å². The van der Waals surface area contributed by atoms with Crippen molar-refractivity contribution in [2.24, 2.45) is 0 Å². The minimum atomic E-state index is -0.191. The molecule has 0 bridgehead atoms. The van der Waals surface area contributed by atoms with Crippen LogP contribution in [0.15, 0.2) is 41.5 Å². The SMILES string of the molecule is Cc1ncc(COc2ccc3oc(C)c(C(=O)NC(C)Cn4cncn4)c3c2)s1. The van der Waals surface area contributed by atoms with Crippen LogP contribution in [0.5, 0.6) is 5.75 Å². The van der Waals surface area contributed by atoms with Gasteiger partial charge in [0.1, 0.15) is 36.4 Å². The van der Waals surface area contributed by atoms with E-state index in [-0.39, 0.29) is 11.9 Å². The fourth-order valence-electron chi connectivity index (χ4n) is 3.15. The molecule has 4 aromatic rings. The summed E-state index contributed by atoms with van der Waals surface area (Å²) in [6.45, 7) is 6.64. The van der Waals surface area contributed by atoms with E-state index in [1.807, 2.05) is 38.2 Å². The first kappa shape index (κ1) is 19.1. The maximum atomic E-state index is 12.9. The largest absolute Gasteiger partial charge is 0.488 e. The second-order valence-corrected chi connectivity index (χ2v) is 8.14. The second kappa shape index (κ2) is 8.04.